The molecule has 4 aliphatic carbocycles. The Hall–Kier alpha value is -0.660. The first-order valence-electron chi connectivity index (χ1n) is 12.4. The third kappa shape index (κ3) is 3.63. The van der Waals surface area contributed by atoms with Crippen molar-refractivity contribution in [1.29, 1.82) is 0 Å². The van der Waals surface area contributed by atoms with Crippen LogP contribution in [0.4, 0.5) is 0 Å². The molecular formula is C26H47NO. The van der Waals surface area contributed by atoms with Crippen LogP contribution < -0.4 is 0 Å². The molecule has 0 aliphatic heterocycles. The Balaban J connectivity index is 0.000000970. The van der Waals surface area contributed by atoms with Crippen LogP contribution in [0.5, 0.6) is 0 Å². The highest BCUT2D eigenvalue weighted by Crippen LogP contribution is 2.67. The fraction of sp³-hybridized carbons (Fsp3) is 0.923. The van der Waals surface area contributed by atoms with Crippen LogP contribution in [0.3, 0.4) is 0 Å². The number of fused-ring (bicyclic) bond motifs is 5. The summed E-state index contributed by atoms with van der Waals surface area (Å²) in [7, 11) is 0. The zero-order chi connectivity index (χ0) is 20.5. The summed E-state index contributed by atoms with van der Waals surface area (Å²) in [5.41, 5.74) is 2.34. The van der Waals surface area contributed by atoms with Gasteiger partial charge < -0.3 is 0 Å². The van der Waals surface area contributed by atoms with E-state index in [4.69, 9.17) is 4.99 Å². The molecule has 2 heteroatoms. The van der Waals surface area contributed by atoms with E-state index >= 15 is 0 Å². The molecule has 0 amide bonds. The molecule has 0 bridgehead atoms. The summed E-state index contributed by atoms with van der Waals surface area (Å²) < 4.78 is 0. The molecule has 0 heterocycles. The van der Waals surface area contributed by atoms with E-state index in [1.165, 1.54) is 69.9 Å². The number of hydrogen-bond acceptors (Lipinski definition) is 2. The van der Waals surface area contributed by atoms with Crippen molar-refractivity contribution in [1.82, 2.24) is 0 Å². The lowest BCUT2D eigenvalue weighted by molar-refractivity contribution is -0.115. The summed E-state index contributed by atoms with van der Waals surface area (Å²) in [4.78, 5) is 16.1. The predicted octanol–water partition coefficient (Wildman–Crippen LogP) is 7.36. The smallest absolute Gasteiger partial charge is 0.151 e. The van der Waals surface area contributed by atoms with Crippen LogP contribution in [0.15, 0.2) is 4.99 Å². The average molecular weight is 390 g/mol. The second kappa shape index (κ2) is 8.60. The highest BCUT2D eigenvalue weighted by atomic mass is 16.1. The highest BCUT2D eigenvalue weighted by molar-refractivity contribution is 5.88. The fourth-order valence-corrected chi connectivity index (χ4v) is 8.33. The maximum Gasteiger partial charge on any atom is 0.151 e. The Bertz CT molecular complexity index is 602. The van der Waals surface area contributed by atoms with E-state index in [0.29, 0.717) is 23.3 Å². The Morgan fingerprint density at radius 2 is 1.61 bits per heavy atom. The van der Waals surface area contributed by atoms with Gasteiger partial charge in [-0.25, -0.2) is 0 Å². The lowest BCUT2D eigenvalue weighted by atomic mass is 9.45. The largest absolute Gasteiger partial charge is 0.298 e. The molecule has 4 saturated carbocycles. The van der Waals surface area contributed by atoms with Gasteiger partial charge in [-0.15, -0.1) is 0 Å². The Kier molecular flexibility index (Phi) is 6.77. The quantitative estimate of drug-likeness (QED) is 0.464. The fourth-order valence-electron chi connectivity index (χ4n) is 8.33. The number of rotatable bonds is 3. The standard InChI is InChI=1S/C24H39NO.C2H6.H2/c1-16(26)15-25-17(2)20-10-11-21-19-9-8-18-7-5-6-13-23(18,3)22(19)12-14-24(20,21)4;1-2;/h18-22H,5-15H2,1-4H3;1-2H3;1H. The molecule has 0 N–H and O–H groups in total. The van der Waals surface area contributed by atoms with Crippen LogP contribution in [0, 0.1) is 40.4 Å². The second-order valence-corrected chi connectivity index (χ2v) is 10.7. The van der Waals surface area contributed by atoms with Gasteiger partial charge in [-0.2, -0.15) is 0 Å². The third-order valence-electron chi connectivity index (χ3n) is 9.64. The van der Waals surface area contributed by atoms with Crippen LogP contribution in [-0.2, 0) is 4.79 Å². The van der Waals surface area contributed by atoms with Gasteiger partial charge in [0.1, 0.15) is 0 Å². The lowest BCUT2D eigenvalue weighted by Crippen LogP contribution is -2.53. The van der Waals surface area contributed by atoms with Gasteiger partial charge in [0.25, 0.3) is 0 Å². The maximum atomic E-state index is 11.4. The summed E-state index contributed by atoms with van der Waals surface area (Å²) in [5, 5.41) is 0. The molecule has 162 valence electrons. The molecule has 28 heavy (non-hydrogen) atoms. The maximum absolute atomic E-state index is 11.4. The van der Waals surface area contributed by atoms with Crippen LogP contribution in [-0.4, -0.2) is 18.0 Å². The number of carbonyl (C=O) groups is 1. The molecule has 2 nitrogen and oxygen atoms in total. The Labute approximate surface area is 175 Å². The molecule has 0 spiro atoms. The van der Waals surface area contributed by atoms with Crippen LogP contribution in [0.25, 0.3) is 0 Å². The molecule has 0 saturated heterocycles. The Morgan fingerprint density at radius 1 is 0.893 bits per heavy atom. The van der Waals surface area contributed by atoms with Gasteiger partial charge in [-0.1, -0.05) is 40.5 Å². The zero-order valence-electron chi connectivity index (χ0n) is 19.5. The molecule has 4 aliphatic rings. The number of Topliss-reactive ketones (excluding diaryl/α,β-unsaturated/α-hetero) is 1. The minimum atomic E-state index is 0. The van der Waals surface area contributed by atoms with Crippen LogP contribution in [0.2, 0.25) is 0 Å². The number of ketones is 1. The van der Waals surface area contributed by atoms with Crippen molar-refractivity contribution in [2.45, 2.75) is 106 Å². The predicted molar refractivity (Wildman–Crippen MR) is 122 cm³/mol. The first-order valence-corrected chi connectivity index (χ1v) is 12.4. The minimum absolute atomic E-state index is 0. The monoisotopic (exact) mass is 389 g/mol. The Morgan fingerprint density at radius 3 is 2.32 bits per heavy atom. The van der Waals surface area contributed by atoms with Gasteiger partial charge in [-0.3, -0.25) is 9.79 Å². The summed E-state index contributed by atoms with van der Waals surface area (Å²) in [6, 6.07) is 0. The molecule has 7 atom stereocenters. The number of aliphatic imine (C=N–C) groups is 1. The van der Waals surface area contributed by atoms with E-state index in [2.05, 4.69) is 20.8 Å². The summed E-state index contributed by atoms with van der Waals surface area (Å²) in [5.74, 6) is 4.65. The number of hydrogen-bond donors (Lipinski definition) is 0. The first-order chi connectivity index (χ1) is 13.4. The van der Waals surface area contributed by atoms with Crippen molar-refractivity contribution >= 4 is 11.5 Å². The highest BCUT2D eigenvalue weighted by Gasteiger charge is 2.59. The number of nitrogens with zero attached hydrogens (tertiary/aromatic N) is 1. The SMILES string of the molecule is CC.CC(=O)CN=C(C)C1CCC2C3CCC4CCCCC4(C)C3CCC12C.[HH]. The van der Waals surface area contributed by atoms with E-state index < -0.39 is 0 Å². The van der Waals surface area contributed by atoms with Gasteiger partial charge in [0.05, 0.1) is 6.54 Å². The van der Waals surface area contributed by atoms with Gasteiger partial charge in [0, 0.05) is 13.1 Å². The van der Waals surface area contributed by atoms with Crippen LogP contribution in [0.1, 0.15) is 107 Å². The van der Waals surface area contributed by atoms with E-state index in [-0.39, 0.29) is 7.21 Å². The number of carbonyl (C=O) groups excluding carboxylic acids is 1. The first kappa shape index (κ1) is 22.0. The lowest BCUT2D eigenvalue weighted by Gasteiger charge is -2.60. The van der Waals surface area contributed by atoms with E-state index in [0.717, 1.165) is 23.7 Å². The average Bonchev–Trinajstić information content (AvgIpc) is 3.04. The second-order valence-electron chi connectivity index (χ2n) is 10.7. The molecule has 4 rings (SSSR count). The van der Waals surface area contributed by atoms with E-state index in [1.54, 1.807) is 6.92 Å². The molecule has 7 unspecified atom stereocenters. The van der Waals surface area contributed by atoms with Crippen molar-refractivity contribution in [3.8, 4) is 0 Å². The molecule has 0 radical (unpaired) electrons. The molecule has 0 aromatic rings. The van der Waals surface area contributed by atoms with Gasteiger partial charge in [-0.05, 0) is 99.7 Å². The zero-order valence-corrected chi connectivity index (χ0v) is 19.5. The summed E-state index contributed by atoms with van der Waals surface area (Å²) >= 11 is 0. The van der Waals surface area contributed by atoms with Gasteiger partial charge in [0.2, 0.25) is 0 Å². The van der Waals surface area contributed by atoms with E-state index in [9.17, 15) is 4.79 Å². The van der Waals surface area contributed by atoms with Crippen molar-refractivity contribution in [3.63, 3.8) is 0 Å². The van der Waals surface area contributed by atoms with Gasteiger partial charge in [0.15, 0.2) is 5.78 Å². The van der Waals surface area contributed by atoms with Crippen molar-refractivity contribution in [2.75, 3.05) is 6.54 Å². The third-order valence-corrected chi connectivity index (χ3v) is 9.64. The van der Waals surface area contributed by atoms with E-state index in [1.807, 2.05) is 13.8 Å². The van der Waals surface area contributed by atoms with Crippen molar-refractivity contribution in [2.24, 2.45) is 45.4 Å². The molecular weight excluding hydrogens is 342 g/mol. The van der Waals surface area contributed by atoms with Crippen molar-refractivity contribution in [3.05, 3.63) is 0 Å². The topological polar surface area (TPSA) is 29.4 Å². The molecule has 4 fully saturated rings. The minimum Gasteiger partial charge on any atom is -0.298 e. The van der Waals surface area contributed by atoms with Crippen molar-refractivity contribution < 1.29 is 6.22 Å². The summed E-state index contributed by atoms with van der Waals surface area (Å²) in [6.07, 6.45) is 14.5. The normalized spacial score (nSPS) is 45.2. The molecule has 0 aromatic carbocycles. The van der Waals surface area contributed by atoms with Crippen LogP contribution >= 0.6 is 0 Å². The molecule has 0 aromatic heterocycles. The van der Waals surface area contributed by atoms with Gasteiger partial charge >= 0.3 is 0 Å². The summed E-state index contributed by atoms with van der Waals surface area (Å²) in [6.45, 7) is 13.5.